The molecule has 0 saturated heterocycles. The second-order valence-corrected chi connectivity index (χ2v) is 4.45. The standard InChI is InChI=1S/C9H9P/c1-10-7-9(10)8-5-3-2-4-6-8/h2-7H,1H3. The average molecular weight is 148 g/mol. The van der Waals surface area contributed by atoms with Crippen molar-refractivity contribution in [3.05, 3.63) is 41.7 Å². The van der Waals surface area contributed by atoms with Crippen molar-refractivity contribution in [3.8, 4) is 0 Å². The number of hydrogen-bond acceptors (Lipinski definition) is 0. The topological polar surface area (TPSA) is 0 Å². The van der Waals surface area contributed by atoms with Gasteiger partial charge in [-0.25, -0.2) is 0 Å². The van der Waals surface area contributed by atoms with Gasteiger partial charge in [0.05, 0.1) is 0 Å². The lowest BCUT2D eigenvalue weighted by Gasteiger charge is -1.92. The summed E-state index contributed by atoms with van der Waals surface area (Å²) < 4.78 is 0. The maximum absolute atomic E-state index is 2.35. The van der Waals surface area contributed by atoms with Gasteiger partial charge in [-0.2, -0.15) is 0 Å². The summed E-state index contributed by atoms with van der Waals surface area (Å²) in [7, 11) is 0.182. The molecule has 50 valence electrons. The highest BCUT2D eigenvalue weighted by molar-refractivity contribution is 7.79. The predicted octanol–water partition coefficient (Wildman–Crippen LogP) is 3.11. The van der Waals surface area contributed by atoms with Gasteiger partial charge in [0.15, 0.2) is 0 Å². The van der Waals surface area contributed by atoms with E-state index in [-0.39, 0.29) is 7.92 Å². The van der Waals surface area contributed by atoms with E-state index >= 15 is 0 Å². The van der Waals surface area contributed by atoms with Crippen LogP contribution in [0.1, 0.15) is 5.56 Å². The van der Waals surface area contributed by atoms with Gasteiger partial charge in [-0.15, -0.1) is 0 Å². The van der Waals surface area contributed by atoms with E-state index in [0.717, 1.165) is 0 Å². The van der Waals surface area contributed by atoms with Gasteiger partial charge in [0.2, 0.25) is 0 Å². The normalized spacial score (nSPS) is 22.1. The zero-order valence-electron chi connectivity index (χ0n) is 5.91. The lowest BCUT2D eigenvalue weighted by molar-refractivity contribution is 1.66. The summed E-state index contributed by atoms with van der Waals surface area (Å²) in [5.41, 5.74) is 1.41. The average Bonchev–Trinajstić information content (AvgIpc) is 2.69. The van der Waals surface area contributed by atoms with Gasteiger partial charge in [0, 0.05) is 0 Å². The van der Waals surface area contributed by atoms with Crippen molar-refractivity contribution in [1.29, 1.82) is 0 Å². The first-order valence-electron chi connectivity index (χ1n) is 3.38. The molecule has 0 saturated carbocycles. The van der Waals surface area contributed by atoms with Gasteiger partial charge >= 0.3 is 0 Å². The van der Waals surface area contributed by atoms with E-state index in [1.165, 1.54) is 5.56 Å². The minimum Gasteiger partial charge on any atom is -0.0622 e. The van der Waals surface area contributed by atoms with Crippen molar-refractivity contribution in [2.45, 2.75) is 0 Å². The van der Waals surface area contributed by atoms with Gasteiger partial charge in [0.1, 0.15) is 0 Å². The van der Waals surface area contributed by atoms with E-state index in [4.69, 9.17) is 0 Å². The minimum atomic E-state index is 0.182. The van der Waals surface area contributed by atoms with Crippen LogP contribution in [-0.4, -0.2) is 6.66 Å². The molecule has 1 aromatic rings. The molecule has 0 aliphatic carbocycles. The number of benzene rings is 1. The van der Waals surface area contributed by atoms with Crippen molar-refractivity contribution in [3.63, 3.8) is 0 Å². The molecule has 0 nitrogen and oxygen atoms in total. The molecule has 1 atom stereocenters. The third kappa shape index (κ3) is 0.998. The molecular weight excluding hydrogens is 139 g/mol. The fourth-order valence-corrected chi connectivity index (χ4v) is 2.40. The summed E-state index contributed by atoms with van der Waals surface area (Å²) in [6, 6.07) is 10.6. The van der Waals surface area contributed by atoms with E-state index in [9.17, 15) is 0 Å². The Labute approximate surface area is 62.3 Å². The molecule has 0 fully saturated rings. The summed E-state index contributed by atoms with van der Waals surface area (Å²) in [4.78, 5) is 0. The Morgan fingerprint density at radius 2 is 1.70 bits per heavy atom. The van der Waals surface area contributed by atoms with Gasteiger partial charge in [0.25, 0.3) is 0 Å². The van der Waals surface area contributed by atoms with Gasteiger partial charge in [-0.1, -0.05) is 38.3 Å². The van der Waals surface area contributed by atoms with Crippen LogP contribution in [0.3, 0.4) is 0 Å². The Morgan fingerprint density at radius 1 is 1.10 bits per heavy atom. The molecule has 0 N–H and O–H groups in total. The Kier molecular flexibility index (Phi) is 1.35. The predicted molar refractivity (Wildman–Crippen MR) is 47.3 cm³/mol. The highest BCUT2D eigenvalue weighted by Crippen LogP contribution is 2.63. The fourth-order valence-electron chi connectivity index (χ4n) is 1.04. The van der Waals surface area contributed by atoms with Gasteiger partial charge in [-0.05, 0) is 23.4 Å². The van der Waals surface area contributed by atoms with Crippen molar-refractivity contribution in [2.75, 3.05) is 6.66 Å². The maximum Gasteiger partial charge on any atom is -0.0124 e. The molecule has 1 unspecified atom stereocenters. The van der Waals surface area contributed by atoms with E-state index in [0.29, 0.717) is 0 Å². The van der Waals surface area contributed by atoms with Crippen LogP contribution in [0.15, 0.2) is 36.1 Å². The molecule has 10 heavy (non-hydrogen) atoms. The van der Waals surface area contributed by atoms with E-state index < -0.39 is 0 Å². The van der Waals surface area contributed by atoms with E-state index in [2.05, 4.69) is 42.8 Å². The SMILES string of the molecule is CP1C=C1c1ccccc1. The quantitative estimate of drug-likeness (QED) is 0.537. The zero-order valence-corrected chi connectivity index (χ0v) is 6.81. The molecule has 0 bridgehead atoms. The molecule has 1 aliphatic heterocycles. The lowest BCUT2D eigenvalue weighted by atomic mass is 10.2. The summed E-state index contributed by atoms with van der Waals surface area (Å²) in [5, 5.41) is 1.57. The maximum atomic E-state index is 2.35. The fraction of sp³-hybridized carbons (Fsp3) is 0.111. The van der Waals surface area contributed by atoms with Crippen molar-refractivity contribution in [2.24, 2.45) is 0 Å². The van der Waals surface area contributed by atoms with Crippen LogP contribution >= 0.6 is 7.92 Å². The molecule has 0 amide bonds. The van der Waals surface area contributed by atoms with Gasteiger partial charge in [-0.3, -0.25) is 0 Å². The minimum absolute atomic E-state index is 0.182. The third-order valence-corrected chi connectivity index (χ3v) is 3.21. The second kappa shape index (κ2) is 2.21. The summed E-state index contributed by atoms with van der Waals surface area (Å²) in [5.74, 6) is 2.35. The highest BCUT2D eigenvalue weighted by atomic mass is 31.1. The Hall–Kier alpha value is -0.610. The Bertz CT molecular complexity index is 261. The molecule has 0 aromatic heterocycles. The molecule has 1 aromatic carbocycles. The second-order valence-electron chi connectivity index (χ2n) is 2.49. The monoisotopic (exact) mass is 148 g/mol. The molecule has 2 rings (SSSR count). The van der Waals surface area contributed by atoms with Crippen LogP contribution in [0, 0.1) is 0 Å². The molecular formula is C9H9P. The van der Waals surface area contributed by atoms with Crippen LogP contribution in [0.25, 0.3) is 5.31 Å². The molecule has 1 heteroatoms. The Morgan fingerprint density at radius 3 is 2.20 bits per heavy atom. The molecule has 1 heterocycles. The van der Waals surface area contributed by atoms with Crippen molar-refractivity contribution < 1.29 is 0 Å². The highest BCUT2D eigenvalue weighted by Gasteiger charge is 2.19. The first-order valence-corrected chi connectivity index (χ1v) is 5.24. The molecule has 0 spiro atoms. The zero-order chi connectivity index (χ0) is 6.97. The smallest absolute Gasteiger partial charge is 0.0124 e. The van der Waals surface area contributed by atoms with Crippen LogP contribution in [0.2, 0.25) is 0 Å². The largest absolute Gasteiger partial charge is 0.0622 e. The van der Waals surface area contributed by atoms with Crippen LogP contribution in [0.4, 0.5) is 0 Å². The number of rotatable bonds is 1. The van der Waals surface area contributed by atoms with Crippen LogP contribution in [-0.2, 0) is 0 Å². The molecule has 0 radical (unpaired) electrons. The lowest BCUT2D eigenvalue weighted by Crippen LogP contribution is -1.67. The van der Waals surface area contributed by atoms with E-state index in [1.54, 1.807) is 5.31 Å². The first-order chi connectivity index (χ1) is 4.88. The number of hydrogen-bond donors (Lipinski definition) is 0. The molecule has 1 aliphatic rings. The van der Waals surface area contributed by atoms with Crippen molar-refractivity contribution in [1.82, 2.24) is 0 Å². The van der Waals surface area contributed by atoms with Crippen molar-refractivity contribution >= 4 is 13.2 Å². The summed E-state index contributed by atoms with van der Waals surface area (Å²) in [6.07, 6.45) is 0. The van der Waals surface area contributed by atoms with Crippen LogP contribution in [0.5, 0.6) is 0 Å². The first kappa shape index (κ1) is 6.12. The van der Waals surface area contributed by atoms with E-state index in [1.807, 2.05) is 0 Å². The summed E-state index contributed by atoms with van der Waals surface area (Å²) in [6.45, 7) is 2.29. The Balaban J connectivity index is 2.29. The van der Waals surface area contributed by atoms with Crippen LogP contribution < -0.4 is 0 Å². The third-order valence-electron chi connectivity index (χ3n) is 1.70. The summed E-state index contributed by atoms with van der Waals surface area (Å²) >= 11 is 0. The van der Waals surface area contributed by atoms with Gasteiger partial charge < -0.3 is 0 Å².